The van der Waals surface area contributed by atoms with Crippen molar-refractivity contribution in [1.82, 2.24) is 15.0 Å². The number of hydrogen-bond donors (Lipinski definition) is 1. The number of hydrogen-bond acceptors (Lipinski definition) is 2. The summed E-state index contributed by atoms with van der Waals surface area (Å²) in [6.45, 7) is 4.20. The first kappa shape index (κ1) is 17.4. The maximum absolute atomic E-state index is 5.03. The van der Waals surface area contributed by atoms with Gasteiger partial charge in [-0.2, -0.15) is 0 Å². The van der Waals surface area contributed by atoms with Crippen molar-refractivity contribution >= 4 is 10.9 Å². The average molecular weight is 375 g/mol. The molecule has 2 heterocycles. The van der Waals surface area contributed by atoms with Crippen LogP contribution in [0.15, 0.2) is 85.1 Å². The van der Waals surface area contributed by atoms with E-state index >= 15 is 0 Å². The van der Waals surface area contributed by atoms with Crippen LogP contribution in [0.2, 0.25) is 0 Å². The van der Waals surface area contributed by atoms with Crippen LogP contribution in [-0.4, -0.2) is 15.0 Å². The predicted molar refractivity (Wildman–Crippen MR) is 120 cm³/mol. The average Bonchev–Trinajstić information content (AvgIpc) is 3.19. The number of nitrogens with one attached hydrogen (secondary N) is 1. The van der Waals surface area contributed by atoms with Gasteiger partial charge >= 0.3 is 0 Å². The Labute approximate surface area is 170 Å². The number of rotatable bonds is 3. The molecule has 3 heteroatoms. The van der Waals surface area contributed by atoms with E-state index in [9.17, 15) is 0 Å². The Morgan fingerprint density at radius 1 is 0.690 bits per heavy atom. The molecule has 5 aromatic rings. The van der Waals surface area contributed by atoms with Crippen LogP contribution in [0.4, 0.5) is 0 Å². The molecule has 0 radical (unpaired) electrons. The zero-order valence-electron chi connectivity index (χ0n) is 16.5. The van der Waals surface area contributed by atoms with Crippen molar-refractivity contribution in [1.29, 1.82) is 0 Å². The van der Waals surface area contributed by atoms with Crippen LogP contribution in [-0.2, 0) is 0 Å². The molecule has 1 N–H and O–H groups in total. The number of nitrogens with zero attached hydrogens (tertiary/aromatic N) is 2. The summed E-state index contributed by atoms with van der Waals surface area (Å²) in [5.41, 5.74) is 8.64. The first-order chi connectivity index (χ1) is 14.2. The van der Waals surface area contributed by atoms with E-state index in [0.717, 1.165) is 44.8 Å². The summed E-state index contributed by atoms with van der Waals surface area (Å²) >= 11 is 0. The minimum absolute atomic E-state index is 0.834. The molecule has 5 rings (SSSR count). The maximum atomic E-state index is 5.03. The van der Waals surface area contributed by atoms with Crippen molar-refractivity contribution in [2.75, 3.05) is 0 Å². The summed E-state index contributed by atoms with van der Waals surface area (Å²) in [7, 11) is 0. The molecule has 0 saturated carbocycles. The Hall–Kier alpha value is -3.72. The quantitative estimate of drug-likeness (QED) is 0.387. The van der Waals surface area contributed by atoms with Gasteiger partial charge in [0.15, 0.2) is 0 Å². The molecule has 0 amide bonds. The van der Waals surface area contributed by atoms with Gasteiger partial charge in [0.05, 0.1) is 16.9 Å². The topological polar surface area (TPSA) is 41.6 Å². The third-order valence-electron chi connectivity index (χ3n) is 5.26. The van der Waals surface area contributed by atoms with E-state index in [1.807, 2.05) is 12.3 Å². The Bertz CT molecular complexity index is 1230. The summed E-state index contributed by atoms with van der Waals surface area (Å²) in [5, 5.41) is 1.11. The lowest BCUT2D eigenvalue weighted by molar-refractivity contribution is 1.30. The third-order valence-corrected chi connectivity index (χ3v) is 5.26. The highest BCUT2D eigenvalue weighted by molar-refractivity contribution is 5.93. The molecule has 0 fully saturated rings. The molecule has 0 saturated heterocycles. The minimum atomic E-state index is 0.834. The van der Waals surface area contributed by atoms with Crippen LogP contribution in [0.5, 0.6) is 0 Å². The number of aromatic amines is 1. The largest absolute Gasteiger partial charge is 0.337 e. The van der Waals surface area contributed by atoms with Crippen molar-refractivity contribution in [3.63, 3.8) is 0 Å². The van der Waals surface area contributed by atoms with E-state index in [4.69, 9.17) is 4.98 Å². The highest BCUT2D eigenvalue weighted by Gasteiger charge is 2.17. The van der Waals surface area contributed by atoms with Crippen LogP contribution in [0, 0.1) is 13.8 Å². The normalized spacial score (nSPS) is 11.1. The van der Waals surface area contributed by atoms with Crippen LogP contribution >= 0.6 is 0 Å². The van der Waals surface area contributed by atoms with Gasteiger partial charge in [-0.25, -0.2) is 4.98 Å². The van der Waals surface area contributed by atoms with Gasteiger partial charge in [-0.15, -0.1) is 0 Å². The lowest BCUT2D eigenvalue weighted by atomic mass is 10.0. The third kappa shape index (κ3) is 3.21. The highest BCUT2D eigenvalue weighted by Crippen LogP contribution is 2.35. The first-order valence-corrected chi connectivity index (χ1v) is 9.77. The number of aromatic nitrogens is 3. The smallest absolute Gasteiger partial charge is 0.140 e. The number of imidazole rings is 1. The molecule has 3 nitrogen and oxygen atoms in total. The monoisotopic (exact) mass is 375 g/mol. The van der Waals surface area contributed by atoms with E-state index in [1.54, 1.807) is 0 Å². The number of benzene rings is 3. The number of aryl methyl sites for hydroxylation is 2. The second kappa shape index (κ2) is 7.02. The van der Waals surface area contributed by atoms with Crippen LogP contribution in [0.25, 0.3) is 44.8 Å². The van der Waals surface area contributed by atoms with E-state index in [-0.39, 0.29) is 0 Å². The molecule has 2 aromatic heterocycles. The number of fused-ring (bicyclic) bond motifs is 1. The Morgan fingerprint density at radius 3 is 2.07 bits per heavy atom. The molecule has 0 aliphatic rings. The minimum Gasteiger partial charge on any atom is -0.337 e. The van der Waals surface area contributed by atoms with Gasteiger partial charge in [-0.1, -0.05) is 77.9 Å². The second-order valence-corrected chi connectivity index (χ2v) is 7.42. The fourth-order valence-electron chi connectivity index (χ4n) is 3.65. The van der Waals surface area contributed by atoms with E-state index in [1.165, 1.54) is 11.1 Å². The van der Waals surface area contributed by atoms with Gasteiger partial charge in [0.1, 0.15) is 5.82 Å². The molecule has 0 bridgehead atoms. The molecule has 3 aromatic carbocycles. The lowest BCUT2D eigenvalue weighted by Crippen LogP contribution is -1.86. The number of para-hydroxylation sites is 1. The molecule has 140 valence electrons. The zero-order valence-corrected chi connectivity index (χ0v) is 16.5. The second-order valence-electron chi connectivity index (χ2n) is 7.42. The fraction of sp³-hybridized carbons (Fsp3) is 0.0769. The fourth-order valence-corrected chi connectivity index (χ4v) is 3.65. The summed E-state index contributed by atoms with van der Waals surface area (Å²) in [5.74, 6) is 0.834. The van der Waals surface area contributed by atoms with Gasteiger partial charge in [0, 0.05) is 28.3 Å². The molecule has 0 aliphatic carbocycles. The molecular formula is C26H21N3. The summed E-state index contributed by atoms with van der Waals surface area (Å²) < 4.78 is 0. The van der Waals surface area contributed by atoms with Crippen LogP contribution in [0.1, 0.15) is 11.1 Å². The number of H-pyrrole nitrogens is 1. The zero-order chi connectivity index (χ0) is 19.8. The van der Waals surface area contributed by atoms with E-state index < -0.39 is 0 Å². The SMILES string of the molecule is Cc1ccc(-c2nc(-c3cccc4cccnc34)[nH]c2-c2ccc(C)cc2)cc1. The van der Waals surface area contributed by atoms with Crippen molar-refractivity contribution in [2.24, 2.45) is 0 Å². The van der Waals surface area contributed by atoms with Crippen molar-refractivity contribution in [2.45, 2.75) is 13.8 Å². The Morgan fingerprint density at radius 2 is 1.34 bits per heavy atom. The molecule has 0 spiro atoms. The van der Waals surface area contributed by atoms with Gasteiger partial charge < -0.3 is 4.98 Å². The van der Waals surface area contributed by atoms with Crippen LogP contribution in [0.3, 0.4) is 0 Å². The molecule has 0 atom stereocenters. The molecule has 0 aliphatic heterocycles. The molecule has 29 heavy (non-hydrogen) atoms. The van der Waals surface area contributed by atoms with E-state index in [2.05, 4.69) is 96.6 Å². The van der Waals surface area contributed by atoms with Gasteiger partial charge in [0.25, 0.3) is 0 Å². The summed E-state index contributed by atoms with van der Waals surface area (Å²) in [6.07, 6.45) is 1.83. The van der Waals surface area contributed by atoms with E-state index in [0.29, 0.717) is 0 Å². The first-order valence-electron chi connectivity index (χ1n) is 9.77. The molecule has 0 unspecified atom stereocenters. The lowest BCUT2D eigenvalue weighted by Gasteiger charge is -2.04. The molecular weight excluding hydrogens is 354 g/mol. The van der Waals surface area contributed by atoms with Gasteiger partial charge in [-0.05, 0) is 26.0 Å². The Balaban J connectivity index is 1.74. The van der Waals surface area contributed by atoms with Crippen molar-refractivity contribution < 1.29 is 0 Å². The summed E-state index contributed by atoms with van der Waals surface area (Å²) in [6, 6.07) is 27.3. The predicted octanol–water partition coefficient (Wildman–Crippen LogP) is 6.58. The summed E-state index contributed by atoms with van der Waals surface area (Å²) in [4.78, 5) is 13.2. The maximum Gasteiger partial charge on any atom is 0.140 e. The highest BCUT2D eigenvalue weighted by atomic mass is 14.9. The van der Waals surface area contributed by atoms with Crippen molar-refractivity contribution in [3.8, 4) is 33.9 Å². The van der Waals surface area contributed by atoms with Gasteiger partial charge in [0.2, 0.25) is 0 Å². The van der Waals surface area contributed by atoms with Crippen LogP contribution < -0.4 is 0 Å². The van der Waals surface area contributed by atoms with Crippen molar-refractivity contribution in [3.05, 3.63) is 96.2 Å². The number of pyridine rings is 1. The van der Waals surface area contributed by atoms with Gasteiger partial charge in [-0.3, -0.25) is 4.98 Å². The Kier molecular flexibility index (Phi) is 4.21. The standard InChI is InChI=1S/C26H21N3/c1-17-8-12-20(13-9-17)24-25(21-14-10-18(2)11-15-21)29-26(28-24)22-7-3-5-19-6-4-16-27-23(19)22/h3-16H,1-2H3,(H,28,29).